The van der Waals surface area contributed by atoms with Gasteiger partial charge in [0.05, 0.1) is 21.5 Å². The Morgan fingerprint density at radius 3 is 2.58 bits per heavy atom. The summed E-state index contributed by atoms with van der Waals surface area (Å²) in [6, 6.07) is 11.3. The lowest BCUT2D eigenvalue weighted by Crippen LogP contribution is -2.25. The number of nitrogens with zero attached hydrogens (tertiary/aromatic N) is 2. The van der Waals surface area contributed by atoms with Crippen LogP contribution in [0.5, 0.6) is 0 Å². The SMILES string of the molecule is Cc1cc(NC(=O)CSC2=NC3(CCCCC3)N=C2c2ccc(Cl)c(Cl)c2)ccc1Br. The topological polar surface area (TPSA) is 53.8 Å². The summed E-state index contributed by atoms with van der Waals surface area (Å²) in [7, 11) is 0. The molecule has 1 saturated carbocycles. The molecule has 0 radical (unpaired) electrons. The van der Waals surface area contributed by atoms with Crippen molar-refractivity contribution in [3.63, 3.8) is 0 Å². The summed E-state index contributed by atoms with van der Waals surface area (Å²) in [5.41, 5.74) is 3.13. The molecule has 1 amide bonds. The van der Waals surface area contributed by atoms with Crippen molar-refractivity contribution in [2.45, 2.75) is 44.7 Å². The Hall–Kier alpha value is -1.34. The fourth-order valence-electron chi connectivity index (χ4n) is 3.85. The summed E-state index contributed by atoms with van der Waals surface area (Å²) in [6.45, 7) is 1.99. The molecule has 1 N–H and O–H groups in total. The molecule has 2 aromatic rings. The Bertz CT molecular complexity index is 1080. The highest BCUT2D eigenvalue weighted by molar-refractivity contribution is 9.10. The molecular weight excluding hydrogens is 517 g/mol. The first kappa shape index (κ1) is 22.8. The molecule has 162 valence electrons. The lowest BCUT2D eigenvalue weighted by atomic mass is 9.90. The molecule has 2 aliphatic rings. The summed E-state index contributed by atoms with van der Waals surface area (Å²) in [5.74, 6) is 0.178. The van der Waals surface area contributed by atoms with Gasteiger partial charge >= 0.3 is 0 Å². The van der Waals surface area contributed by atoms with Gasteiger partial charge in [-0.1, -0.05) is 63.4 Å². The highest BCUT2D eigenvalue weighted by Gasteiger charge is 2.38. The van der Waals surface area contributed by atoms with Crippen molar-refractivity contribution in [1.29, 1.82) is 0 Å². The number of benzene rings is 2. The van der Waals surface area contributed by atoms with Gasteiger partial charge in [0.25, 0.3) is 0 Å². The van der Waals surface area contributed by atoms with E-state index in [9.17, 15) is 4.79 Å². The van der Waals surface area contributed by atoms with Crippen LogP contribution in [0.15, 0.2) is 50.9 Å². The van der Waals surface area contributed by atoms with E-state index in [-0.39, 0.29) is 11.7 Å². The maximum Gasteiger partial charge on any atom is 0.234 e. The molecule has 0 saturated heterocycles. The van der Waals surface area contributed by atoms with Crippen LogP contribution in [0, 0.1) is 6.92 Å². The van der Waals surface area contributed by atoms with Crippen LogP contribution < -0.4 is 5.32 Å². The number of anilines is 1. The van der Waals surface area contributed by atoms with Crippen molar-refractivity contribution >= 4 is 73.2 Å². The van der Waals surface area contributed by atoms with Gasteiger partial charge in [0.1, 0.15) is 5.04 Å². The van der Waals surface area contributed by atoms with Crippen molar-refractivity contribution in [2.24, 2.45) is 9.98 Å². The Labute approximate surface area is 205 Å². The largest absolute Gasteiger partial charge is 0.325 e. The van der Waals surface area contributed by atoms with Gasteiger partial charge in [-0.05, 0) is 68.5 Å². The standard InChI is InChI=1S/C23H22BrCl2N3OS/c1-14-11-16(6-7-17(14)24)27-20(30)13-31-22-21(15-5-8-18(25)19(26)12-15)28-23(29-22)9-3-2-4-10-23/h5-8,11-12H,2-4,9-10,13H2,1H3,(H,27,30). The first-order valence-electron chi connectivity index (χ1n) is 10.2. The molecule has 4 rings (SSSR count). The van der Waals surface area contributed by atoms with E-state index < -0.39 is 5.66 Å². The normalized spacial score (nSPS) is 17.4. The Balaban J connectivity index is 1.52. The molecule has 8 heteroatoms. The Kier molecular flexibility index (Phi) is 7.11. The van der Waals surface area contributed by atoms with Crippen LogP contribution in [0.25, 0.3) is 0 Å². The van der Waals surface area contributed by atoms with Crippen molar-refractivity contribution in [3.8, 4) is 0 Å². The van der Waals surface area contributed by atoms with Gasteiger partial charge in [0.15, 0.2) is 5.66 Å². The zero-order chi connectivity index (χ0) is 22.0. The fourth-order valence-corrected chi connectivity index (χ4v) is 5.27. The number of nitrogens with one attached hydrogen (secondary N) is 1. The summed E-state index contributed by atoms with van der Waals surface area (Å²) < 4.78 is 1.01. The number of halogens is 3. The second kappa shape index (κ2) is 9.65. The fraction of sp³-hybridized carbons (Fsp3) is 0.348. The van der Waals surface area contributed by atoms with Crippen LogP contribution in [-0.4, -0.2) is 28.1 Å². The van der Waals surface area contributed by atoms with E-state index in [4.69, 9.17) is 33.2 Å². The molecule has 1 spiro atoms. The predicted molar refractivity (Wildman–Crippen MR) is 136 cm³/mol. The highest BCUT2D eigenvalue weighted by atomic mass is 79.9. The van der Waals surface area contributed by atoms with Crippen LogP contribution >= 0.6 is 50.9 Å². The second-order valence-electron chi connectivity index (χ2n) is 7.85. The maximum atomic E-state index is 12.6. The van der Waals surface area contributed by atoms with Crippen LogP contribution in [0.3, 0.4) is 0 Å². The minimum atomic E-state index is -0.401. The van der Waals surface area contributed by atoms with E-state index in [0.29, 0.717) is 10.0 Å². The Morgan fingerprint density at radius 1 is 1.10 bits per heavy atom. The number of thioether (sulfide) groups is 1. The number of aliphatic imine (C=N–C) groups is 2. The second-order valence-corrected chi connectivity index (χ2v) is 10.5. The minimum Gasteiger partial charge on any atom is -0.325 e. The third kappa shape index (κ3) is 5.36. The van der Waals surface area contributed by atoms with Gasteiger partial charge in [-0.25, -0.2) is 4.99 Å². The van der Waals surface area contributed by atoms with Gasteiger partial charge in [0.2, 0.25) is 5.91 Å². The van der Waals surface area contributed by atoms with E-state index in [2.05, 4.69) is 21.2 Å². The smallest absolute Gasteiger partial charge is 0.234 e. The average molecular weight is 539 g/mol. The third-order valence-electron chi connectivity index (χ3n) is 5.46. The van der Waals surface area contributed by atoms with Crippen molar-refractivity contribution < 1.29 is 4.79 Å². The highest BCUT2D eigenvalue weighted by Crippen LogP contribution is 2.39. The predicted octanol–water partition coefficient (Wildman–Crippen LogP) is 7.30. The minimum absolute atomic E-state index is 0.0764. The molecule has 1 fully saturated rings. The molecule has 2 aromatic carbocycles. The zero-order valence-electron chi connectivity index (χ0n) is 17.1. The number of amides is 1. The average Bonchev–Trinajstić information content (AvgIpc) is 3.09. The van der Waals surface area contributed by atoms with E-state index in [0.717, 1.165) is 57.7 Å². The molecule has 1 aliphatic heterocycles. The van der Waals surface area contributed by atoms with Crippen molar-refractivity contribution in [2.75, 3.05) is 11.1 Å². The van der Waals surface area contributed by atoms with Crippen molar-refractivity contribution in [1.82, 2.24) is 0 Å². The maximum absolute atomic E-state index is 12.6. The van der Waals surface area contributed by atoms with Crippen LogP contribution in [0.1, 0.15) is 43.2 Å². The zero-order valence-corrected chi connectivity index (χ0v) is 21.0. The monoisotopic (exact) mass is 537 g/mol. The number of rotatable bonds is 4. The number of carbonyl (C=O) groups excluding carboxylic acids is 1. The number of hydrogen-bond acceptors (Lipinski definition) is 4. The molecular formula is C23H22BrCl2N3OS. The van der Waals surface area contributed by atoms with Crippen molar-refractivity contribution in [3.05, 3.63) is 62.0 Å². The lowest BCUT2D eigenvalue weighted by molar-refractivity contribution is -0.113. The van der Waals surface area contributed by atoms with Gasteiger partial charge in [-0.3, -0.25) is 9.79 Å². The van der Waals surface area contributed by atoms with Gasteiger partial charge in [0, 0.05) is 15.7 Å². The number of aryl methyl sites for hydroxylation is 1. The number of hydrogen-bond donors (Lipinski definition) is 1. The quantitative estimate of drug-likeness (QED) is 0.444. The number of carbonyl (C=O) groups is 1. The summed E-state index contributed by atoms with van der Waals surface area (Å²) in [6.07, 6.45) is 5.32. The van der Waals surface area contributed by atoms with E-state index in [1.54, 1.807) is 6.07 Å². The third-order valence-corrected chi connectivity index (χ3v) is 8.05. The molecule has 4 nitrogen and oxygen atoms in total. The van der Waals surface area contributed by atoms with Crippen LogP contribution in [-0.2, 0) is 4.79 Å². The summed E-state index contributed by atoms with van der Waals surface area (Å²) in [4.78, 5) is 22.6. The van der Waals surface area contributed by atoms with Gasteiger partial charge in [-0.15, -0.1) is 0 Å². The first-order valence-corrected chi connectivity index (χ1v) is 12.7. The Morgan fingerprint density at radius 2 is 1.87 bits per heavy atom. The molecule has 31 heavy (non-hydrogen) atoms. The molecule has 0 aromatic heterocycles. The van der Waals surface area contributed by atoms with E-state index in [1.165, 1.54) is 18.2 Å². The lowest BCUT2D eigenvalue weighted by Gasteiger charge is -2.27. The summed E-state index contributed by atoms with van der Waals surface area (Å²) >= 11 is 17.3. The van der Waals surface area contributed by atoms with E-state index >= 15 is 0 Å². The van der Waals surface area contributed by atoms with E-state index in [1.807, 2.05) is 37.3 Å². The first-order chi connectivity index (χ1) is 14.8. The molecule has 0 bridgehead atoms. The van der Waals surface area contributed by atoms with Gasteiger partial charge in [-0.2, -0.15) is 0 Å². The summed E-state index contributed by atoms with van der Waals surface area (Å²) in [5, 5.41) is 4.75. The van der Waals surface area contributed by atoms with Crippen LogP contribution in [0.2, 0.25) is 10.0 Å². The molecule has 0 atom stereocenters. The molecule has 0 unspecified atom stereocenters. The van der Waals surface area contributed by atoms with Crippen LogP contribution in [0.4, 0.5) is 5.69 Å². The molecule has 1 aliphatic carbocycles. The van der Waals surface area contributed by atoms with Gasteiger partial charge < -0.3 is 5.32 Å². The molecule has 1 heterocycles.